The van der Waals surface area contributed by atoms with E-state index in [1.54, 1.807) is 0 Å². The number of nitrogen functional groups attached to an aromatic ring is 2. The summed E-state index contributed by atoms with van der Waals surface area (Å²) in [5.41, 5.74) is 13.3. The first kappa shape index (κ1) is 26.4. The molecule has 7 N–H and O–H groups in total. The second-order valence-corrected chi connectivity index (χ2v) is 9.11. The number of benzene rings is 1. The van der Waals surface area contributed by atoms with Crippen LogP contribution in [0.15, 0.2) is 18.2 Å². The predicted molar refractivity (Wildman–Crippen MR) is 140 cm³/mol. The smallest absolute Gasteiger partial charge is 0.277 e. The molecule has 3 aromatic rings. The molecule has 12 nitrogen and oxygen atoms in total. The molecule has 1 aliphatic rings. The number of imidazole rings is 1. The van der Waals surface area contributed by atoms with Crippen molar-refractivity contribution in [3.63, 3.8) is 0 Å². The van der Waals surface area contributed by atoms with Crippen LogP contribution in [0.25, 0.3) is 11.0 Å². The number of hydrogen-bond acceptors (Lipinski definition) is 8. The SMILES string of the molecule is CCn1c(CNC(=O)c2nc(Cl)c(N)nc2N)[n+](CC)c2ccc(OCC(=O)NC3CCNCC3)cc21. The van der Waals surface area contributed by atoms with Gasteiger partial charge >= 0.3 is 0 Å². The number of nitrogens with two attached hydrogens (primary N) is 2. The van der Waals surface area contributed by atoms with E-state index in [4.69, 9.17) is 27.8 Å². The van der Waals surface area contributed by atoms with Crippen molar-refractivity contribution in [2.45, 2.75) is 52.4 Å². The van der Waals surface area contributed by atoms with E-state index in [0.717, 1.165) is 42.8 Å². The van der Waals surface area contributed by atoms with Crippen molar-refractivity contribution in [2.75, 3.05) is 31.2 Å². The van der Waals surface area contributed by atoms with E-state index in [2.05, 4.69) is 35.1 Å². The molecule has 1 fully saturated rings. The zero-order valence-corrected chi connectivity index (χ0v) is 21.8. The molecule has 37 heavy (non-hydrogen) atoms. The molecule has 1 saturated heterocycles. The maximum Gasteiger partial charge on any atom is 0.277 e. The molecule has 0 spiro atoms. The number of halogens is 1. The lowest BCUT2D eigenvalue weighted by Gasteiger charge is -2.23. The van der Waals surface area contributed by atoms with Gasteiger partial charge < -0.3 is 32.2 Å². The summed E-state index contributed by atoms with van der Waals surface area (Å²) in [6, 6.07) is 5.90. The van der Waals surface area contributed by atoms with Gasteiger partial charge in [0, 0.05) is 12.1 Å². The lowest BCUT2D eigenvalue weighted by atomic mass is 10.1. The number of aryl methyl sites for hydroxylation is 2. The fourth-order valence-electron chi connectivity index (χ4n) is 4.59. The third kappa shape index (κ3) is 5.86. The molecule has 0 saturated carbocycles. The maximum atomic E-state index is 12.8. The molecule has 1 aliphatic heterocycles. The summed E-state index contributed by atoms with van der Waals surface area (Å²) >= 11 is 5.92. The molecule has 3 heterocycles. The molecular weight excluding hydrogens is 498 g/mol. The number of ether oxygens (including phenoxy) is 1. The van der Waals surface area contributed by atoms with E-state index < -0.39 is 5.91 Å². The Morgan fingerprint density at radius 2 is 1.97 bits per heavy atom. The highest BCUT2D eigenvalue weighted by Crippen LogP contribution is 2.22. The first-order valence-electron chi connectivity index (χ1n) is 12.4. The molecule has 0 unspecified atom stereocenters. The molecule has 13 heteroatoms. The summed E-state index contributed by atoms with van der Waals surface area (Å²) in [5, 5.41) is 9.09. The minimum absolute atomic E-state index is 0.0348. The summed E-state index contributed by atoms with van der Waals surface area (Å²) in [5.74, 6) is 0.708. The quantitative estimate of drug-likeness (QED) is 0.253. The standard InChI is InChI=1S/C24H32ClN9O3/c1-3-33-16-6-5-15(37-13-18(35)30-14-7-9-28-10-8-14)11-17(16)34(4-2)19(33)12-29-24(36)20-22(26)32-23(27)21(25)31-20/h5-6,11,14,28H,3-4,7-10,12-13H2,1-2H3,(H5-,26,27,29,30,32,35,36)/p+1. The van der Waals surface area contributed by atoms with Crippen LogP contribution in [-0.4, -0.2) is 52.1 Å². The maximum absolute atomic E-state index is 12.8. The zero-order chi connectivity index (χ0) is 26.5. The normalized spacial score (nSPS) is 14.0. The van der Waals surface area contributed by atoms with Crippen LogP contribution < -0.4 is 36.7 Å². The van der Waals surface area contributed by atoms with E-state index in [9.17, 15) is 9.59 Å². The lowest BCUT2D eigenvalue weighted by molar-refractivity contribution is -0.676. The molecule has 2 amide bonds. The highest BCUT2D eigenvalue weighted by atomic mass is 35.5. The van der Waals surface area contributed by atoms with Gasteiger partial charge in [0.2, 0.25) is 0 Å². The van der Waals surface area contributed by atoms with Crippen molar-refractivity contribution in [1.29, 1.82) is 0 Å². The third-order valence-corrected chi connectivity index (χ3v) is 6.66. The van der Waals surface area contributed by atoms with Crippen molar-refractivity contribution in [2.24, 2.45) is 0 Å². The second-order valence-electron chi connectivity index (χ2n) is 8.75. The summed E-state index contributed by atoms with van der Waals surface area (Å²) in [6.07, 6.45) is 1.84. The molecule has 2 aromatic heterocycles. The number of nitrogens with one attached hydrogen (secondary N) is 3. The van der Waals surface area contributed by atoms with Gasteiger partial charge in [0.1, 0.15) is 12.3 Å². The Hall–Kier alpha value is -3.64. The van der Waals surface area contributed by atoms with Gasteiger partial charge in [-0.05, 0) is 51.9 Å². The lowest BCUT2D eigenvalue weighted by Crippen LogP contribution is -2.44. The van der Waals surface area contributed by atoms with Crippen LogP contribution in [0.1, 0.15) is 43.0 Å². The van der Waals surface area contributed by atoms with Crippen LogP contribution in [0.4, 0.5) is 11.6 Å². The van der Waals surface area contributed by atoms with Crippen molar-refractivity contribution in [3.05, 3.63) is 34.9 Å². The molecule has 198 valence electrons. The Bertz CT molecular complexity index is 1300. The summed E-state index contributed by atoms with van der Waals surface area (Å²) in [6.45, 7) is 7.37. The van der Waals surface area contributed by atoms with Gasteiger partial charge in [-0.1, -0.05) is 11.6 Å². The molecular formula is C24H33ClN9O3+. The molecule has 0 atom stereocenters. The van der Waals surface area contributed by atoms with E-state index in [0.29, 0.717) is 18.8 Å². The van der Waals surface area contributed by atoms with Crippen LogP contribution in [0.5, 0.6) is 5.75 Å². The minimum Gasteiger partial charge on any atom is -0.484 e. The van der Waals surface area contributed by atoms with Crippen LogP contribution in [-0.2, 0) is 24.4 Å². The van der Waals surface area contributed by atoms with Crippen LogP contribution >= 0.6 is 11.6 Å². The predicted octanol–water partition coefficient (Wildman–Crippen LogP) is 0.753. The number of carbonyl (C=O) groups is 2. The van der Waals surface area contributed by atoms with Crippen LogP contribution in [0.3, 0.4) is 0 Å². The molecule has 0 aliphatic carbocycles. The molecule has 1 aromatic carbocycles. The van der Waals surface area contributed by atoms with Gasteiger partial charge in [-0.25, -0.2) is 19.1 Å². The van der Waals surface area contributed by atoms with Crippen molar-refractivity contribution >= 4 is 46.1 Å². The Kier molecular flexibility index (Phi) is 8.29. The van der Waals surface area contributed by atoms with Gasteiger partial charge in [0.05, 0.1) is 13.1 Å². The number of rotatable bonds is 9. The Balaban J connectivity index is 1.50. The molecule has 0 bridgehead atoms. The number of nitrogens with zero attached hydrogens (tertiary/aromatic N) is 4. The average molecular weight is 531 g/mol. The van der Waals surface area contributed by atoms with Gasteiger partial charge in [0.25, 0.3) is 17.6 Å². The van der Waals surface area contributed by atoms with Crippen LogP contribution in [0.2, 0.25) is 5.15 Å². The number of carbonyl (C=O) groups excluding carboxylic acids is 2. The highest BCUT2D eigenvalue weighted by Gasteiger charge is 2.25. The topological polar surface area (TPSA) is 166 Å². The van der Waals surface area contributed by atoms with E-state index >= 15 is 0 Å². The van der Waals surface area contributed by atoms with Gasteiger partial charge in [0.15, 0.2) is 40.1 Å². The zero-order valence-electron chi connectivity index (χ0n) is 21.0. The Morgan fingerprint density at radius 3 is 2.68 bits per heavy atom. The highest BCUT2D eigenvalue weighted by molar-refractivity contribution is 6.31. The number of anilines is 2. The van der Waals surface area contributed by atoms with Crippen molar-refractivity contribution < 1.29 is 18.9 Å². The number of aromatic nitrogens is 4. The summed E-state index contributed by atoms with van der Waals surface area (Å²) < 4.78 is 10.0. The van der Waals surface area contributed by atoms with Gasteiger partial charge in [-0.15, -0.1) is 0 Å². The van der Waals surface area contributed by atoms with E-state index in [1.165, 1.54) is 0 Å². The third-order valence-electron chi connectivity index (χ3n) is 6.39. The number of piperidine rings is 1. The first-order chi connectivity index (χ1) is 17.8. The first-order valence-corrected chi connectivity index (χ1v) is 12.7. The van der Waals surface area contributed by atoms with Gasteiger partial charge in [-0.3, -0.25) is 9.59 Å². The minimum atomic E-state index is -0.508. The number of hydrogen-bond donors (Lipinski definition) is 5. The van der Waals surface area contributed by atoms with Crippen molar-refractivity contribution in [1.82, 2.24) is 30.5 Å². The van der Waals surface area contributed by atoms with E-state index in [1.807, 2.05) is 32.0 Å². The van der Waals surface area contributed by atoms with Crippen molar-refractivity contribution in [3.8, 4) is 5.75 Å². The molecule has 0 radical (unpaired) electrons. The fourth-order valence-corrected chi connectivity index (χ4v) is 4.72. The fraction of sp³-hybridized carbons (Fsp3) is 0.458. The van der Waals surface area contributed by atoms with Crippen LogP contribution in [0, 0.1) is 0 Å². The van der Waals surface area contributed by atoms with Gasteiger partial charge in [-0.2, -0.15) is 0 Å². The summed E-state index contributed by atoms with van der Waals surface area (Å²) in [4.78, 5) is 33.0. The Labute approximate surface area is 219 Å². The average Bonchev–Trinajstić information content (AvgIpc) is 3.20. The monoisotopic (exact) mass is 530 g/mol. The Morgan fingerprint density at radius 1 is 1.22 bits per heavy atom. The second kappa shape index (κ2) is 11.6. The summed E-state index contributed by atoms with van der Waals surface area (Å²) in [7, 11) is 0. The number of fused-ring (bicyclic) bond motifs is 1. The molecule has 4 rings (SSSR count). The largest absolute Gasteiger partial charge is 0.484 e. The number of amides is 2. The van der Waals surface area contributed by atoms with E-state index in [-0.39, 0.29) is 47.6 Å².